The van der Waals surface area contributed by atoms with Crippen molar-refractivity contribution in [3.63, 3.8) is 0 Å². The molecular formula is C37H60O12. The molecule has 15 atom stereocenters. The van der Waals surface area contributed by atoms with E-state index in [2.05, 4.69) is 40.7 Å². The molecule has 1 saturated heterocycles. The van der Waals surface area contributed by atoms with Crippen LogP contribution in [0.25, 0.3) is 0 Å². The number of aliphatic hydroxyl groups excluding tert-OH is 8. The summed E-state index contributed by atoms with van der Waals surface area (Å²) < 4.78 is 17.2. The Morgan fingerprint density at radius 3 is 2.16 bits per heavy atom. The molecule has 0 unspecified atom stereocenters. The van der Waals surface area contributed by atoms with Gasteiger partial charge in [0, 0.05) is 5.41 Å². The van der Waals surface area contributed by atoms with Gasteiger partial charge >= 0.3 is 5.97 Å². The molecule has 8 N–H and O–H groups in total. The zero-order valence-electron chi connectivity index (χ0n) is 29.9. The molecule has 0 radical (unpaired) electrons. The Hall–Kier alpha value is -1.19. The second-order valence-electron chi connectivity index (χ2n) is 18.0. The van der Waals surface area contributed by atoms with Crippen molar-refractivity contribution in [1.29, 1.82) is 0 Å². The van der Waals surface area contributed by atoms with E-state index < -0.39 is 90.5 Å². The molecule has 1 aliphatic heterocycles. The first kappa shape index (κ1) is 37.6. The molecule has 1 heterocycles. The molecular weight excluding hydrogens is 636 g/mol. The van der Waals surface area contributed by atoms with Crippen LogP contribution in [0.4, 0.5) is 0 Å². The average molecular weight is 697 g/mol. The summed E-state index contributed by atoms with van der Waals surface area (Å²) >= 11 is 0. The molecule has 49 heavy (non-hydrogen) atoms. The number of aliphatic hydroxyl groups is 8. The van der Waals surface area contributed by atoms with Gasteiger partial charge in [0.25, 0.3) is 0 Å². The van der Waals surface area contributed by atoms with E-state index in [1.54, 1.807) is 0 Å². The van der Waals surface area contributed by atoms with Gasteiger partial charge in [-0.2, -0.15) is 0 Å². The Balaban J connectivity index is 1.38. The van der Waals surface area contributed by atoms with Crippen LogP contribution in [-0.4, -0.2) is 123 Å². The van der Waals surface area contributed by atoms with E-state index in [9.17, 15) is 45.6 Å². The summed E-state index contributed by atoms with van der Waals surface area (Å²) in [6.07, 6.45) is -4.02. The number of hydrogen-bond acceptors (Lipinski definition) is 12. The lowest BCUT2D eigenvalue weighted by Crippen LogP contribution is -2.71. The summed E-state index contributed by atoms with van der Waals surface area (Å²) in [6, 6.07) is 0. The molecule has 0 aromatic rings. The van der Waals surface area contributed by atoms with Crippen molar-refractivity contribution in [2.75, 3.05) is 26.9 Å². The Kier molecular flexibility index (Phi) is 9.55. The molecule has 280 valence electrons. The number of fused-ring (bicyclic) bond motifs is 7. The van der Waals surface area contributed by atoms with Crippen LogP contribution in [-0.2, 0) is 19.0 Å². The van der Waals surface area contributed by atoms with Crippen LogP contribution < -0.4 is 0 Å². The second kappa shape index (κ2) is 12.5. The number of esters is 1. The van der Waals surface area contributed by atoms with Crippen molar-refractivity contribution >= 4 is 5.97 Å². The summed E-state index contributed by atoms with van der Waals surface area (Å²) in [5.41, 5.74) is -2.62. The number of allylic oxidation sites excluding steroid dienone is 2. The van der Waals surface area contributed by atoms with Crippen LogP contribution in [0.2, 0.25) is 0 Å². The number of hydrogen-bond donors (Lipinski definition) is 8. The van der Waals surface area contributed by atoms with Gasteiger partial charge in [-0.1, -0.05) is 46.3 Å². The Morgan fingerprint density at radius 1 is 0.878 bits per heavy atom. The summed E-state index contributed by atoms with van der Waals surface area (Å²) in [5, 5.41) is 87.4. The maximum Gasteiger partial charge on any atom is 0.315 e. The molecule has 12 nitrogen and oxygen atoms in total. The van der Waals surface area contributed by atoms with Crippen molar-refractivity contribution in [2.45, 2.75) is 135 Å². The maximum absolute atomic E-state index is 13.6. The summed E-state index contributed by atoms with van der Waals surface area (Å²) in [7, 11) is 1.40. The lowest BCUT2D eigenvalue weighted by atomic mass is 9.33. The number of carbonyl (C=O) groups excluding carboxylic acids is 1. The normalized spacial score (nSPS) is 51.7. The van der Waals surface area contributed by atoms with Gasteiger partial charge < -0.3 is 55.1 Å². The highest BCUT2D eigenvalue weighted by Gasteiger charge is 2.73. The van der Waals surface area contributed by atoms with Gasteiger partial charge in [-0.05, 0) is 90.8 Å². The number of rotatable bonds is 6. The topological polar surface area (TPSA) is 207 Å². The Morgan fingerprint density at radius 2 is 1.55 bits per heavy atom. The SMILES string of the molecule is COC(=O)[C@]12CCC(C)(C)C[C@H]1C1=CC[C@@H]3[C@@]4(C)C[C@H](O)[C@H](O[C@@H]5O[C@H](CO)[C@@H](O)[C@@H](O)[C@H]5O)C(CO)(CO)[C@H]4CC[C@@]3(C)[C@]1(C)C[C@@H]2O. The third-order valence-electron chi connectivity index (χ3n) is 15.5. The van der Waals surface area contributed by atoms with E-state index in [-0.39, 0.29) is 41.0 Å². The molecule has 12 heteroatoms. The first-order chi connectivity index (χ1) is 22.9. The minimum atomic E-state index is -1.70. The van der Waals surface area contributed by atoms with Crippen LogP contribution >= 0.6 is 0 Å². The van der Waals surface area contributed by atoms with E-state index in [0.717, 1.165) is 12.8 Å². The minimum absolute atomic E-state index is 0.0201. The van der Waals surface area contributed by atoms with Crippen LogP contribution in [0, 0.1) is 50.2 Å². The lowest BCUT2D eigenvalue weighted by Gasteiger charge is -2.72. The Labute approximate surface area is 289 Å². The monoisotopic (exact) mass is 696 g/mol. The summed E-state index contributed by atoms with van der Waals surface area (Å²) in [5.74, 6) is -0.880. The highest BCUT2D eigenvalue weighted by Crippen LogP contribution is 2.76. The zero-order chi connectivity index (χ0) is 36.1. The standard InChI is InChI=1S/C37H60O12/c1-32(2)11-12-37(31(46)47-6)20(13-32)19-7-8-23-33(3)14-21(41)29(49-30-28(45)27(44)26(43)22(16-38)48-30)36(17-39,18-40)24(33)9-10-34(23,4)35(19,5)15-25(37)42/h7,20-30,38-45H,8-18H2,1-6H3/t20-,21-,22+,23+,24-,25-,26+,27+,28+,29-,30-,33+,34+,35+,37+/m0/s1. The largest absolute Gasteiger partial charge is 0.468 e. The van der Waals surface area contributed by atoms with Crippen molar-refractivity contribution in [3.05, 3.63) is 11.6 Å². The molecule has 0 bridgehead atoms. The summed E-state index contributed by atoms with van der Waals surface area (Å²) in [4.78, 5) is 13.6. The summed E-state index contributed by atoms with van der Waals surface area (Å²) in [6.45, 7) is 9.38. The van der Waals surface area contributed by atoms with E-state index >= 15 is 0 Å². The Bertz CT molecular complexity index is 1300. The van der Waals surface area contributed by atoms with Crippen LogP contribution in [0.1, 0.15) is 86.0 Å². The first-order valence-corrected chi connectivity index (χ1v) is 18.2. The highest BCUT2D eigenvalue weighted by atomic mass is 16.7. The van der Waals surface area contributed by atoms with Gasteiger partial charge in [-0.15, -0.1) is 0 Å². The smallest absolute Gasteiger partial charge is 0.315 e. The predicted octanol–water partition coefficient (Wildman–Crippen LogP) is 1.03. The van der Waals surface area contributed by atoms with Crippen molar-refractivity contribution < 1.29 is 59.9 Å². The molecule has 4 saturated carbocycles. The van der Waals surface area contributed by atoms with Crippen LogP contribution in [0.3, 0.4) is 0 Å². The molecule has 6 rings (SSSR count). The number of carbonyl (C=O) groups is 1. The fraction of sp³-hybridized carbons (Fsp3) is 0.919. The molecule has 6 aliphatic rings. The van der Waals surface area contributed by atoms with Gasteiger partial charge in [0.15, 0.2) is 6.29 Å². The molecule has 0 aromatic heterocycles. The van der Waals surface area contributed by atoms with E-state index in [4.69, 9.17) is 14.2 Å². The molecule has 5 fully saturated rings. The fourth-order valence-corrected chi connectivity index (χ4v) is 12.6. The van der Waals surface area contributed by atoms with Crippen LogP contribution in [0.5, 0.6) is 0 Å². The van der Waals surface area contributed by atoms with Gasteiger partial charge in [0.1, 0.15) is 29.8 Å². The quantitative estimate of drug-likeness (QED) is 0.111. The predicted molar refractivity (Wildman–Crippen MR) is 175 cm³/mol. The average Bonchev–Trinajstić information content (AvgIpc) is 3.05. The van der Waals surface area contributed by atoms with Crippen LogP contribution in [0.15, 0.2) is 11.6 Å². The maximum atomic E-state index is 13.6. The van der Waals surface area contributed by atoms with Crippen molar-refractivity contribution in [1.82, 2.24) is 0 Å². The minimum Gasteiger partial charge on any atom is -0.468 e. The third-order valence-corrected chi connectivity index (χ3v) is 15.5. The lowest BCUT2D eigenvalue weighted by molar-refractivity contribution is -0.349. The van der Waals surface area contributed by atoms with Crippen molar-refractivity contribution in [2.24, 2.45) is 50.2 Å². The highest BCUT2D eigenvalue weighted by molar-refractivity contribution is 5.79. The molecule has 0 aromatic carbocycles. The third kappa shape index (κ3) is 5.02. The number of ether oxygens (including phenoxy) is 3. The van der Waals surface area contributed by atoms with Crippen molar-refractivity contribution in [3.8, 4) is 0 Å². The fourth-order valence-electron chi connectivity index (χ4n) is 12.6. The van der Waals surface area contributed by atoms with E-state index in [0.29, 0.717) is 32.1 Å². The van der Waals surface area contributed by atoms with Gasteiger partial charge in [0.2, 0.25) is 0 Å². The van der Waals surface area contributed by atoms with Gasteiger partial charge in [-0.3, -0.25) is 4.79 Å². The number of methoxy groups -OCH3 is 1. The van der Waals surface area contributed by atoms with E-state index in [1.165, 1.54) is 12.7 Å². The van der Waals surface area contributed by atoms with E-state index in [1.807, 2.05) is 0 Å². The molecule has 5 aliphatic carbocycles. The van der Waals surface area contributed by atoms with Gasteiger partial charge in [0.05, 0.1) is 45.2 Å². The molecule has 0 spiro atoms. The second-order valence-corrected chi connectivity index (χ2v) is 18.0. The zero-order valence-corrected chi connectivity index (χ0v) is 29.9. The first-order valence-electron chi connectivity index (χ1n) is 18.2. The van der Waals surface area contributed by atoms with Gasteiger partial charge in [-0.25, -0.2) is 0 Å². The molecule has 0 amide bonds.